The molecule has 0 spiro atoms. The highest BCUT2D eigenvalue weighted by Crippen LogP contribution is 2.26. The van der Waals surface area contributed by atoms with E-state index < -0.39 is 0 Å². The lowest BCUT2D eigenvalue weighted by Gasteiger charge is -2.33. The van der Waals surface area contributed by atoms with E-state index in [9.17, 15) is 4.79 Å². The van der Waals surface area contributed by atoms with Crippen molar-refractivity contribution in [2.24, 2.45) is 5.92 Å². The van der Waals surface area contributed by atoms with Crippen molar-refractivity contribution in [3.63, 3.8) is 0 Å². The number of nitrogens with zero attached hydrogens (tertiary/aromatic N) is 2. The number of carbonyl (C=O) groups excluding carboxylic acids is 1. The van der Waals surface area contributed by atoms with Crippen LogP contribution in [0.3, 0.4) is 0 Å². The highest BCUT2D eigenvalue weighted by molar-refractivity contribution is 5.94. The Morgan fingerprint density at radius 3 is 2.58 bits per heavy atom. The fourth-order valence-corrected chi connectivity index (χ4v) is 3.38. The number of pyridine rings is 1. The van der Waals surface area contributed by atoms with Gasteiger partial charge in [-0.1, -0.05) is 25.1 Å². The summed E-state index contributed by atoms with van der Waals surface area (Å²) >= 11 is 0. The number of anilines is 2. The number of rotatable bonds is 4. The number of carbonyl (C=O) groups is 1. The van der Waals surface area contributed by atoms with Crippen LogP contribution in [0, 0.1) is 12.8 Å². The normalized spacial score (nSPS) is 15.3. The molecule has 126 valence electrons. The lowest BCUT2D eigenvalue weighted by Crippen LogP contribution is -2.38. The first-order valence-corrected chi connectivity index (χ1v) is 8.73. The largest absolute Gasteiger partial charge is 0.371 e. The first-order chi connectivity index (χ1) is 11.7. The minimum Gasteiger partial charge on any atom is -0.371 e. The molecule has 0 aliphatic carbocycles. The third-order valence-electron chi connectivity index (χ3n) is 4.88. The molecule has 1 fully saturated rings. The summed E-state index contributed by atoms with van der Waals surface area (Å²) in [6.45, 7) is 6.01. The van der Waals surface area contributed by atoms with Crippen LogP contribution in [0.1, 0.15) is 30.9 Å². The molecule has 0 atom stereocenters. The Kier molecular flexibility index (Phi) is 5.14. The minimum absolute atomic E-state index is 0.0902. The minimum atomic E-state index is 0.0902. The summed E-state index contributed by atoms with van der Waals surface area (Å²) in [5, 5.41) is 3.19. The summed E-state index contributed by atoms with van der Waals surface area (Å²) in [7, 11) is 0. The van der Waals surface area contributed by atoms with Gasteiger partial charge in [-0.15, -0.1) is 0 Å². The van der Waals surface area contributed by atoms with Gasteiger partial charge in [0, 0.05) is 42.8 Å². The zero-order valence-electron chi connectivity index (χ0n) is 14.5. The molecule has 1 amide bonds. The average Bonchev–Trinajstić information content (AvgIpc) is 2.64. The number of amides is 1. The van der Waals surface area contributed by atoms with Gasteiger partial charge in [-0.25, -0.2) is 0 Å². The number of hydrogen-bond donors (Lipinski definition) is 1. The number of hydrogen-bond acceptors (Lipinski definition) is 3. The van der Waals surface area contributed by atoms with Crippen molar-refractivity contribution < 1.29 is 4.79 Å². The summed E-state index contributed by atoms with van der Waals surface area (Å²) in [4.78, 5) is 19.1. The maximum Gasteiger partial charge on any atom is 0.227 e. The zero-order valence-corrected chi connectivity index (χ0v) is 14.5. The maximum atomic E-state index is 12.7. The topological polar surface area (TPSA) is 45.2 Å². The van der Waals surface area contributed by atoms with Crippen molar-refractivity contribution >= 4 is 17.3 Å². The molecule has 1 saturated heterocycles. The number of aromatic nitrogens is 1. The lowest BCUT2D eigenvalue weighted by molar-refractivity contribution is -0.120. The molecule has 0 radical (unpaired) electrons. The summed E-state index contributed by atoms with van der Waals surface area (Å²) in [5.74, 6) is 0.251. The molecule has 3 rings (SSSR count). The molecular formula is C20H25N3O. The smallest absolute Gasteiger partial charge is 0.227 e. The molecule has 1 N–H and O–H groups in total. The van der Waals surface area contributed by atoms with E-state index in [-0.39, 0.29) is 11.8 Å². The van der Waals surface area contributed by atoms with E-state index in [1.807, 2.05) is 24.5 Å². The van der Waals surface area contributed by atoms with Crippen molar-refractivity contribution in [2.45, 2.75) is 33.1 Å². The number of nitrogens with one attached hydrogen (secondary N) is 1. The predicted molar refractivity (Wildman–Crippen MR) is 98.4 cm³/mol. The maximum absolute atomic E-state index is 12.7. The molecule has 1 aliphatic heterocycles. The van der Waals surface area contributed by atoms with Crippen LogP contribution in [0.15, 0.2) is 42.7 Å². The van der Waals surface area contributed by atoms with Crippen molar-refractivity contribution in [3.05, 3.63) is 53.9 Å². The highest BCUT2D eigenvalue weighted by atomic mass is 16.1. The molecule has 2 heterocycles. The van der Waals surface area contributed by atoms with Gasteiger partial charge in [0.2, 0.25) is 5.91 Å². The van der Waals surface area contributed by atoms with Crippen molar-refractivity contribution in [1.82, 2.24) is 4.98 Å². The fraction of sp³-hybridized carbons (Fsp3) is 0.400. The first-order valence-electron chi connectivity index (χ1n) is 8.73. The molecule has 0 saturated carbocycles. The molecular weight excluding hydrogens is 298 g/mol. The van der Waals surface area contributed by atoms with Gasteiger partial charge in [0.15, 0.2) is 0 Å². The van der Waals surface area contributed by atoms with Crippen LogP contribution in [0.25, 0.3) is 0 Å². The molecule has 2 aromatic rings. The summed E-state index contributed by atoms with van der Waals surface area (Å²) in [6, 6.07) is 10.3. The Labute approximate surface area is 143 Å². The van der Waals surface area contributed by atoms with Crippen LogP contribution in [0.5, 0.6) is 0 Å². The molecule has 1 aromatic heterocycles. The lowest BCUT2D eigenvalue weighted by atomic mass is 9.95. The van der Waals surface area contributed by atoms with Crippen LogP contribution in [-0.4, -0.2) is 24.0 Å². The van der Waals surface area contributed by atoms with Crippen LogP contribution < -0.4 is 10.2 Å². The number of benzene rings is 1. The van der Waals surface area contributed by atoms with E-state index in [1.165, 1.54) is 11.3 Å². The molecule has 0 unspecified atom stereocenters. The van der Waals surface area contributed by atoms with Crippen molar-refractivity contribution in [2.75, 3.05) is 23.3 Å². The van der Waals surface area contributed by atoms with E-state index in [1.54, 1.807) is 0 Å². The second-order valence-corrected chi connectivity index (χ2v) is 6.42. The average molecular weight is 323 g/mol. The molecule has 1 aliphatic rings. The monoisotopic (exact) mass is 323 g/mol. The summed E-state index contributed by atoms with van der Waals surface area (Å²) in [6.07, 6.45) is 6.35. The SMILES string of the molecule is CCc1cccc(C)c1NC(=O)C1CCN(c2ccncc2)CC1. The van der Waals surface area contributed by atoms with Gasteiger partial charge in [-0.05, 0) is 49.4 Å². The molecule has 24 heavy (non-hydrogen) atoms. The van der Waals surface area contributed by atoms with E-state index >= 15 is 0 Å². The first kappa shape index (κ1) is 16.5. The van der Waals surface area contributed by atoms with E-state index in [0.717, 1.165) is 43.6 Å². The predicted octanol–water partition coefficient (Wildman–Crippen LogP) is 3.81. The van der Waals surface area contributed by atoms with Crippen LogP contribution in [-0.2, 0) is 11.2 Å². The van der Waals surface area contributed by atoms with Crippen LogP contribution in [0.4, 0.5) is 11.4 Å². The Morgan fingerprint density at radius 2 is 1.92 bits per heavy atom. The Hall–Kier alpha value is -2.36. The number of aryl methyl sites for hydroxylation is 2. The van der Waals surface area contributed by atoms with Gasteiger partial charge in [-0.3, -0.25) is 9.78 Å². The van der Waals surface area contributed by atoms with Crippen LogP contribution in [0.2, 0.25) is 0 Å². The fourth-order valence-electron chi connectivity index (χ4n) is 3.38. The third kappa shape index (κ3) is 3.58. The summed E-state index contributed by atoms with van der Waals surface area (Å²) < 4.78 is 0. The molecule has 0 bridgehead atoms. The Bertz CT molecular complexity index is 691. The highest BCUT2D eigenvalue weighted by Gasteiger charge is 2.25. The van der Waals surface area contributed by atoms with Gasteiger partial charge in [0.05, 0.1) is 0 Å². The third-order valence-corrected chi connectivity index (χ3v) is 4.88. The number of para-hydroxylation sites is 1. The molecule has 1 aromatic carbocycles. The standard InChI is InChI=1S/C20H25N3O/c1-3-16-6-4-5-15(2)19(16)22-20(24)17-9-13-23(14-10-17)18-7-11-21-12-8-18/h4-8,11-12,17H,3,9-10,13-14H2,1-2H3,(H,22,24). The second-order valence-electron chi connectivity index (χ2n) is 6.42. The van der Waals surface area contributed by atoms with E-state index in [2.05, 4.69) is 47.2 Å². The van der Waals surface area contributed by atoms with Gasteiger partial charge < -0.3 is 10.2 Å². The van der Waals surface area contributed by atoms with E-state index in [4.69, 9.17) is 0 Å². The quantitative estimate of drug-likeness (QED) is 0.930. The molecule has 4 nitrogen and oxygen atoms in total. The second kappa shape index (κ2) is 7.47. The molecule has 4 heteroatoms. The van der Waals surface area contributed by atoms with E-state index in [0.29, 0.717) is 0 Å². The Morgan fingerprint density at radius 1 is 1.21 bits per heavy atom. The van der Waals surface area contributed by atoms with Crippen molar-refractivity contribution in [1.29, 1.82) is 0 Å². The van der Waals surface area contributed by atoms with Gasteiger partial charge in [0.25, 0.3) is 0 Å². The zero-order chi connectivity index (χ0) is 16.9. The van der Waals surface area contributed by atoms with Crippen LogP contribution >= 0.6 is 0 Å². The summed E-state index contributed by atoms with van der Waals surface area (Å²) in [5.41, 5.74) is 4.53. The van der Waals surface area contributed by atoms with Gasteiger partial charge in [0.1, 0.15) is 0 Å². The van der Waals surface area contributed by atoms with Crippen molar-refractivity contribution in [3.8, 4) is 0 Å². The van der Waals surface area contributed by atoms with Gasteiger partial charge in [-0.2, -0.15) is 0 Å². The Balaban J connectivity index is 1.62. The van der Waals surface area contributed by atoms with Gasteiger partial charge >= 0.3 is 0 Å². The number of piperidine rings is 1.